The third kappa shape index (κ3) is 7.11. The van der Waals surface area contributed by atoms with E-state index in [2.05, 4.69) is 10.6 Å². The molecule has 37 heavy (non-hydrogen) atoms. The van der Waals surface area contributed by atoms with Crippen molar-refractivity contribution in [1.29, 1.82) is 0 Å². The Morgan fingerprint density at radius 3 is 2.35 bits per heavy atom. The van der Waals surface area contributed by atoms with Crippen LogP contribution in [0, 0.1) is 0 Å². The zero-order valence-electron chi connectivity index (χ0n) is 20.4. The molecule has 3 aromatic rings. The Morgan fingerprint density at radius 2 is 1.68 bits per heavy atom. The molecular formula is C28H30N2O6S. The molecule has 2 amide bonds. The fourth-order valence-electron chi connectivity index (χ4n) is 4.03. The van der Waals surface area contributed by atoms with Crippen LogP contribution in [-0.2, 0) is 16.1 Å². The first-order chi connectivity index (χ1) is 18.0. The fraction of sp³-hybridized carbons (Fsp3) is 0.286. The van der Waals surface area contributed by atoms with Crippen LogP contribution in [0.2, 0.25) is 0 Å². The lowest BCUT2D eigenvalue weighted by molar-refractivity contribution is -0.245. The van der Waals surface area contributed by atoms with Crippen molar-refractivity contribution in [2.24, 2.45) is 0 Å². The second-order valence-electron chi connectivity index (χ2n) is 8.57. The molecule has 0 aliphatic carbocycles. The van der Waals surface area contributed by atoms with Gasteiger partial charge < -0.3 is 30.3 Å². The Balaban J connectivity index is 1.52. The van der Waals surface area contributed by atoms with E-state index in [1.807, 2.05) is 49.4 Å². The van der Waals surface area contributed by atoms with Crippen LogP contribution < -0.4 is 10.6 Å². The third-order valence-electron chi connectivity index (χ3n) is 5.94. The number of carboxylic acids is 1. The zero-order chi connectivity index (χ0) is 26.2. The maximum Gasteiger partial charge on any atom is 0.336 e. The summed E-state index contributed by atoms with van der Waals surface area (Å²) in [7, 11) is 0. The highest BCUT2D eigenvalue weighted by Gasteiger charge is 2.32. The summed E-state index contributed by atoms with van der Waals surface area (Å²) >= 11 is 1.45. The van der Waals surface area contributed by atoms with E-state index < -0.39 is 12.3 Å². The number of anilines is 1. The number of amides is 2. The minimum absolute atomic E-state index is 0.0313. The topological polar surface area (TPSA) is 117 Å². The van der Waals surface area contributed by atoms with Crippen molar-refractivity contribution in [3.05, 3.63) is 95.1 Å². The summed E-state index contributed by atoms with van der Waals surface area (Å²) in [5.74, 6) is -0.413. The highest BCUT2D eigenvalue weighted by molar-refractivity contribution is 7.99. The molecule has 1 aliphatic heterocycles. The summed E-state index contributed by atoms with van der Waals surface area (Å²) in [5, 5.41) is 24.4. The number of aliphatic hydroxyl groups is 1. The molecule has 0 saturated carbocycles. The van der Waals surface area contributed by atoms with Crippen LogP contribution in [0.4, 0.5) is 10.5 Å². The number of nitrogens with one attached hydrogen (secondary N) is 2. The summed E-state index contributed by atoms with van der Waals surface area (Å²) in [6.07, 6.45) is -0.509. The second-order valence-corrected chi connectivity index (χ2v) is 9.63. The van der Waals surface area contributed by atoms with Gasteiger partial charge in [0.2, 0.25) is 0 Å². The average Bonchev–Trinajstić information content (AvgIpc) is 2.92. The van der Waals surface area contributed by atoms with Gasteiger partial charge in [0.15, 0.2) is 6.29 Å². The normalized spacial score (nSPS) is 19.2. The van der Waals surface area contributed by atoms with Crippen LogP contribution in [0.15, 0.2) is 77.7 Å². The number of benzene rings is 3. The van der Waals surface area contributed by atoms with Gasteiger partial charge in [0.25, 0.3) is 0 Å². The average molecular weight is 523 g/mol. The molecule has 0 radical (unpaired) electrons. The Labute approximate surface area is 220 Å². The van der Waals surface area contributed by atoms with E-state index in [-0.39, 0.29) is 30.4 Å². The Kier molecular flexibility index (Phi) is 9.19. The molecular weight excluding hydrogens is 492 g/mol. The van der Waals surface area contributed by atoms with Crippen molar-refractivity contribution < 1.29 is 29.3 Å². The number of thioether (sulfide) groups is 1. The monoisotopic (exact) mass is 522 g/mol. The summed E-state index contributed by atoms with van der Waals surface area (Å²) in [6.45, 7) is 2.35. The van der Waals surface area contributed by atoms with Gasteiger partial charge in [-0.2, -0.15) is 0 Å². The second kappa shape index (κ2) is 12.7. The first-order valence-corrected chi connectivity index (χ1v) is 13.1. The van der Waals surface area contributed by atoms with E-state index in [4.69, 9.17) is 9.47 Å². The van der Waals surface area contributed by atoms with Gasteiger partial charge >= 0.3 is 12.0 Å². The molecule has 1 heterocycles. The van der Waals surface area contributed by atoms with Crippen molar-refractivity contribution in [3.8, 4) is 0 Å². The first kappa shape index (κ1) is 26.7. The van der Waals surface area contributed by atoms with Gasteiger partial charge in [0.1, 0.15) is 0 Å². The predicted octanol–water partition coefficient (Wildman–Crippen LogP) is 5.36. The molecule has 8 nitrogen and oxygen atoms in total. The van der Waals surface area contributed by atoms with Crippen LogP contribution in [0.3, 0.4) is 0 Å². The van der Waals surface area contributed by atoms with Gasteiger partial charge in [-0.25, -0.2) is 9.59 Å². The number of aromatic carboxylic acids is 1. The molecule has 9 heteroatoms. The standard InChI is InChI=1S/C28H30N2O6S/c1-2-29-28(34)30-21-13-11-20(12-14-21)27-35-22(17-37-25-6-4-3-5-23(25)26(32)33)15-24(36-27)19-9-7-18(16-31)8-10-19/h3-14,22,24,27,31H,2,15-17H2,1H3,(H,32,33)(H2,29,30,34)/t22-,24+,27+/m1/s1. The molecule has 1 aliphatic rings. The maximum atomic E-state index is 11.8. The van der Waals surface area contributed by atoms with E-state index in [0.717, 1.165) is 16.7 Å². The van der Waals surface area contributed by atoms with E-state index in [0.29, 0.717) is 29.3 Å². The number of carbonyl (C=O) groups excluding carboxylic acids is 1. The maximum absolute atomic E-state index is 11.8. The quantitative estimate of drug-likeness (QED) is 0.280. The Morgan fingerprint density at radius 1 is 0.973 bits per heavy atom. The molecule has 1 fully saturated rings. The Bertz CT molecular complexity index is 1200. The lowest BCUT2D eigenvalue weighted by atomic mass is 10.0. The molecule has 4 rings (SSSR count). The first-order valence-electron chi connectivity index (χ1n) is 12.1. The fourth-order valence-corrected chi connectivity index (χ4v) is 5.10. The third-order valence-corrected chi connectivity index (χ3v) is 7.14. The van der Waals surface area contributed by atoms with Gasteiger partial charge in [-0.05, 0) is 42.3 Å². The summed E-state index contributed by atoms with van der Waals surface area (Å²) in [4.78, 5) is 24.1. The number of hydrogen-bond donors (Lipinski definition) is 4. The van der Waals surface area contributed by atoms with Gasteiger partial charge in [0.05, 0.1) is 24.4 Å². The molecule has 3 aromatic carbocycles. The molecule has 0 aromatic heterocycles. The van der Waals surface area contributed by atoms with Crippen molar-refractivity contribution >= 4 is 29.4 Å². The van der Waals surface area contributed by atoms with Gasteiger partial charge in [0, 0.05) is 34.9 Å². The van der Waals surface area contributed by atoms with Crippen LogP contribution in [0.25, 0.3) is 0 Å². The number of carbonyl (C=O) groups is 2. The smallest absolute Gasteiger partial charge is 0.336 e. The Hall–Kier alpha value is -3.37. The minimum Gasteiger partial charge on any atom is -0.478 e. The largest absolute Gasteiger partial charge is 0.478 e. The number of urea groups is 1. The predicted molar refractivity (Wildman–Crippen MR) is 142 cm³/mol. The van der Waals surface area contributed by atoms with Gasteiger partial charge in [-0.15, -0.1) is 11.8 Å². The molecule has 0 bridgehead atoms. The SMILES string of the molecule is CCNC(=O)Nc1ccc([C@H]2O[C@@H](CSc3ccccc3C(=O)O)C[C@@H](c3ccc(CO)cc3)O2)cc1. The highest BCUT2D eigenvalue weighted by Crippen LogP contribution is 2.40. The van der Waals surface area contributed by atoms with E-state index >= 15 is 0 Å². The number of rotatable bonds is 9. The molecule has 0 spiro atoms. The van der Waals surface area contributed by atoms with Gasteiger partial charge in [-0.3, -0.25) is 0 Å². The number of carboxylic acid groups (broad SMARTS) is 1. The van der Waals surface area contributed by atoms with Crippen molar-refractivity contribution in [3.63, 3.8) is 0 Å². The molecule has 4 N–H and O–H groups in total. The van der Waals surface area contributed by atoms with Crippen molar-refractivity contribution in [2.45, 2.75) is 43.3 Å². The number of hydrogen-bond acceptors (Lipinski definition) is 6. The van der Waals surface area contributed by atoms with Gasteiger partial charge in [-0.1, -0.05) is 48.5 Å². The van der Waals surface area contributed by atoms with Crippen molar-refractivity contribution in [2.75, 3.05) is 17.6 Å². The minimum atomic E-state index is -0.961. The zero-order valence-corrected chi connectivity index (χ0v) is 21.2. The van der Waals surface area contributed by atoms with Crippen LogP contribution in [0.5, 0.6) is 0 Å². The van der Waals surface area contributed by atoms with E-state index in [9.17, 15) is 19.8 Å². The summed E-state index contributed by atoms with van der Waals surface area (Å²) < 4.78 is 12.7. The summed E-state index contributed by atoms with van der Waals surface area (Å²) in [5.41, 5.74) is 3.52. The van der Waals surface area contributed by atoms with Crippen LogP contribution in [-0.4, -0.2) is 40.6 Å². The van der Waals surface area contributed by atoms with Crippen LogP contribution in [0.1, 0.15) is 52.8 Å². The number of aliphatic hydroxyl groups excluding tert-OH is 1. The van der Waals surface area contributed by atoms with E-state index in [1.54, 1.807) is 30.3 Å². The summed E-state index contributed by atoms with van der Waals surface area (Å²) in [6, 6.07) is 21.6. The number of ether oxygens (including phenoxy) is 2. The van der Waals surface area contributed by atoms with Crippen molar-refractivity contribution in [1.82, 2.24) is 5.32 Å². The lowest BCUT2D eigenvalue weighted by Crippen LogP contribution is -2.31. The lowest BCUT2D eigenvalue weighted by Gasteiger charge is -2.36. The molecule has 0 unspecified atom stereocenters. The van der Waals surface area contributed by atoms with E-state index in [1.165, 1.54) is 11.8 Å². The molecule has 194 valence electrons. The highest BCUT2D eigenvalue weighted by atomic mass is 32.2. The molecule has 3 atom stereocenters. The molecule has 1 saturated heterocycles. The van der Waals surface area contributed by atoms with Crippen LogP contribution >= 0.6 is 11.8 Å².